The van der Waals surface area contributed by atoms with Crippen LogP contribution in [0.25, 0.3) is 0 Å². The molecule has 2 aromatic rings. The highest BCUT2D eigenvalue weighted by Crippen LogP contribution is 2.39. The molecule has 1 aromatic heterocycles. The van der Waals surface area contributed by atoms with E-state index in [1.165, 1.54) is 0 Å². The summed E-state index contributed by atoms with van der Waals surface area (Å²) >= 11 is 0. The van der Waals surface area contributed by atoms with Gasteiger partial charge in [0, 0.05) is 31.0 Å². The van der Waals surface area contributed by atoms with Crippen LogP contribution < -0.4 is 4.74 Å². The molecule has 2 aliphatic rings. The third-order valence-electron chi connectivity index (χ3n) is 6.21. The Morgan fingerprint density at radius 2 is 2.10 bits per heavy atom. The standard InChI is InChI=1S/C24H29NO4/c1-15-21-19(26)13-24(2,3)14-20(21)29-22(15)23(27)25-10-6-8-17(25)11-16-7-5-9-18(12-16)28-4/h5,7,9,12,17H,6,8,10-11,13-14H2,1-4H3. The number of nitrogens with zero attached hydrogens (tertiary/aromatic N) is 1. The number of likely N-dealkylation sites (tertiary alicyclic amines) is 1. The van der Waals surface area contributed by atoms with Crippen molar-refractivity contribution in [2.24, 2.45) is 5.41 Å². The van der Waals surface area contributed by atoms with Gasteiger partial charge in [0.05, 0.1) is 12.7 Å². The fraction of sp³-hybridized carbons (Fsp3) is 0.500. The molecule has 2 heterocycles. The van der Waals surface area contributed by atoms with Gasteiger partial charge in [-0.15, -0.1) is 0 Å². The van der Waals surface area contributed by atoms with Crippen LogP contribution in [0.2, 0.25) is 0 Å². The van der Waals surface area contributed by atoms with Gasteiger partial charge >= 0.3 is 0 Å². The van der Waals surface area contributed by atoms with Gasteiger partial charge in [0.1, 0.15) is 11.5 Å². The lowest BCUT2D eigenvalue weighted by atomic mass is 9.76. The summed E-state index contributed by atoms with van der Waals surface area (Å²) in [5.74, 6) is 1.85. The first-order valence-electron chi connectivity index (χ1n) is 10.4. The Labute approximate surface area is 172 Å². The molecule has 1 aliphatic carbocycles. The molecule has 1 amide bonds. The minimum absolute atomic E-state index is 0.0888. The number of Topliss-reactive ketones (excluding diaryl/α,β-unsaturated/α-hetero) is 1. The molecule has 29 heavy (non-hydrogen) atoms. The fourth-order valence-corrected chi connectivity index (χ4v) is 4.80. The Hall–Kier alpha value is -2.56. The zero-order chi connectivity index (χ0) is 20.8. The molecule has 5 heteroatoms. The van der Waals surface area contributed by atoms with Crippen molar-refractivity contribution < 1.29 is 18.7 Å². The monoisotopic (exact) mass is 395 g/mol. The zero-order valence-corrected chi connectivity index (χ0v) is 17.7. The van der Waals surface area contributed by atoms with Crippen LogP contribution in [0.5, 0.6) is 5.75 Å². The number of methoxy groups -OCH3 is 1. The number of amides is 1. The van der Waals surface area contributed by atoms with Crippen molar-refractivity contribution in [2.45, 2.75) is 58.9 Å². The normalized spacial score (nSPS) is 20.6. The molecule has 0 saturated carbocycles. The minimum atomic E-state index is -0.128. The third-order valence-corrected chi connectivity index (χ3v) is 6.21. The van der Waals surface area contributed by atoms with Gasteiger partial charge in [-0.25, -0.2) is 0 Å². The highest BCUT2D eigenvalue weighted by atomic mass is 16.5. The minimum Gasteiger partial charge on any atom is -0.497 e. The Morgan fingerprint density at radius 1 is 1.31 bits per heavy atom. The predicted molar refractivity (Wildman–Crippen MR) is 111 cm³/mol. The van der Waals surface area contributed by atoms with Crippen LogP contribution in [-0.4, -0.2) is 36.3 Å². The van der Waals surface area contributed by atoms with E-state index in [1.807, 2.05) is 30.0 Å². The molecular weight excluding hydrogens is 366 g/mol. The lowest BCUT2D eigenvalue weighted by molar-refractivity contribution is 0.0698. The quantitative estimate of drug-likeness (QED) is 0.759. The Bertz CT molecular complexity index is 956. The molecule has 1 saturated heterocycles. The maximum atomic E-state index is 13.4. The van der Waals surface area contributed by atoms with Crippen molar-refractivity contribution in [3.8, 4) is 5.75 Å². The van der Waals surface area contributed by atoms with Crippen molar-refractivity contribution in [1.82, 2.24) is 4.90 Å². The molecule has 1 unspecified atom stereocenters. The fourth-order valence-electron chi connectivity index (χ4n) is 4.80. The SMILES string of the molecule is COc1cccc(CC2CCCN2C(=O)c2oc3c(c2C)C(=O)CC(C)(C)C3)c1. The van der Waals surface area contributed by atoms with Crippen molar-refractivity contribution in [1.29, 1.82) is 0 Å². The summed E-state index contributed by atoms with van der Waals surface area (Å²) in [5, 5.41) is 0. The number of furan rings is 1. The number of ether oxygens (including phenoxy) is 1. The molecular formula is C24H29NO4. The second-order valence-electron chi connectivity index (χ2n) is 9.15. The van der Waals surface area contributed by atoms with E-state index in [2.05, 4.69) is 19.9 Å². The van der Waals surface area contributed by atoms with Crippen LogP contribution >= 0.6 is 0 Å². The van der Waals surface area contributed by atoms with Crippen LogP contribution in [0.3, 0.4) is 0 Å². The number of hydrogen-bond acceptors (Lipinski definition) is 4. The van der Waals surface area contributed by atoms with Gasteiger partial charge in [-0.1, -0.05) is 26.0 Å². The molecule has 0 radical (unpaired) electrons. The van der Waals surface area contributed by atoms with Crippen LogP contribution in [0.4, 0.5) is 0 Å². The van der Waals surface area contributed by atoms with Crippen molar-refractivity contribution >= 4 is 11.7 Å². The number of carbonyl (C=O) groups is 2. The molecule has 4 rings (SSSR count). The lowest BCUT2D eigenvalue weighted by Gasteiger charge is -2.27. The van der Waals surface area contributed by atoms with Gasteiger partial charge in [-0.05, 0) is 49.3 Å². The lowest BCUT2D eigenvalue weighted by Crippen LogP contribution is -2.37. The Balaban J connectivity index is 1.58. The number of hydrogen-bond donors (Lipinski definition) is 0. The second kappa shape index (κ2) is 7.36. The maximum absolute atomic E-state index is 13.4. The van der Waals surface area contributed by atoms with Gasteiger partial charge in [0.2, 0.25) is 0 Å². The summed E-state index contributed by atoms with van der Waals surface area (Å²) < 4.78 is 11.3. The van der Waals surface area contributed by atoms with Gasteiger partial charge in [-0.2, -0.15) is 0 Å². The van der Waals surface area contributed by atoms with Gasteiger partial charge < -0.3 is 14.1 Å². The molecule has 0 N–H and O–H groups in total. The van der Waals surface area contributed by atoms with Crippen molar-refractivity contribution in [3.05, 3.63) is 52.5 Å². The van der Waals surface area contributed by atoms with Crippen LogP contribution in [0.15, 0.2) is 28.7 Å². The number of ketones is 1. The Kier molecular flexibility index (Phi) is 5.01. The van der Waals surface area contributed by atoms with E-state index < -0.39 is 0 Å². The molecule has 0 bridgehead atoms. The first kappa shape index (κ1) is 19.7. The molecule has 1 atom stereocenters. The summed E-state index contributed by atoms with van der Waals surface area (Å²) in [6.07, 6.45) is 3.92. The van der Waals surface area contributed by atoms with Gasteiger partial charge in [0.25, 0.3) is 5.91 Å². The number of carbonyl (C=O) groups excluding carboxylic acids is 2. The van der Waals surface area contributed by atoms with Crippen molar-refractivity contribution in [3.63, 3.8) is 0 Å². The highest BCUT2D eigenvalue weighted by Gasteiger charge is 2.39. The van der Waals surface area contributed by atoms with E-state index in [4.69, 9.17) is 9.15 Å². The maximum Gasteiger partial charge on any atom is 0.290 e. The van der Waals surface area contributed by atoms with E-state index in [1.54, 1.807) is 7.11 Å². The number of fused-ring (bicyclic) bond motifs is 1. The van der Waals surface area contributed by atoms with Crippen LogP contribution in [-0.2, 0) is 12.8 Å². The van der Waals surface area contributed by atoms with E-state index in [9.17, 15) is 9.59 Å². The topological polar surface area (TPSA) is 59.8 Å². The number of rotatable bonds is 4. The largest absolute Gasteiger partial charge is 0.497 e. The third kappa shape index (κ3) is 3.70. The summed E-state index contributed by atoms with van der Waals surface area (Å²) in [6, 6.07) is 8.13. The van der Waals surface area contributed by atoms with Crippen LogP contribution in [0.1, 0.15) is 70.9 Å². The summed E-state index contributed by atoms with van der Waals surface area (Å²) in [7, 11) is 1.66. The van der Waals surface area contributed by atoms with Gasteiger partial charge in [-0.3, -0.25) is 9.59 Å². The predicted octanol–water partition coefficient (Wildman–Crippen LogP) is 4.60. The zero-order valence-electron chi connectivity index (χ0n) is 17.7. The average Bonchev–Trinajstić information content (AvgIpc) is 3.24. The van der Waals surface area contributed by atoms with Crippen molar-refractivity contribution in [2.75, 3.05) is 13.7 Å². The highest BCUT2D eigenvalue weighted by molar-refractivity contribution is 6.03. The molecule has 1 aliphatic heterocycles. The first-order chi connectivity index (χ1) is 13.8. The molecule has 5 nitrogen and oxygen atoms in total. The molecule has 1 fully saturated rings. The van der Waals surface area contributed by atoms with E-state index in [0.29, 0.717) is 35.5 Å². The molecule has 154 valence electrons. The smallest absolute Gasteiger partial charge is 0.290 e. The second-order valence-corrected chi connectivity index (χ2v) is 9.15. The van der Waals surface area contributed by atoms with E-state index in [0.717, 1.165) is 37.1 Å². The molecule has 1 aromatic carbocycles. The first-order valence-corrected chi connectivity index (χ1v) is 10.4. The summed E-state index contributed by atoms with van der Waals surface area (Å²) in [6.45, 7) is 6.70. The average molecular weight is 395 g/mol. The summed E-state index contributed by atoms with van der Waals surface area (Å²) in [5.41, 5.74) is 2.37. The van der Waals surface area contributed by atoms with Gasteiger partial charge in [0.15, 0.2) is 11.5 Å². The van der Waals surface area contributed by atoms with E-state index >= 15 is 0 Å². The number of benzene rings is 1. The van der Waals surface area contributed by atoms with E-state index in [-0.39, 0.29) is 23.1 Å². The summed E-state index contributed by atoms with van der Waals surface area (Å²) in [4.78, 5) is 27.9. The molecule has 0 spiro atoms. The Morgan fingerprint density at radius 3 is 2.86 bits per heavy atom. The van der Waals surface area contributed by atoms with Crippen LogP contribution in [0, 0.1) is 12.3 Å².